The van der Waals surface area contributed by atoms with Gasteiger partial charge >= 0.3 is 5.97 Å². The molecule has 0 saturated heterocycles. The first-order chi connectivity index (χ1) is 7.41. The van der Waals surface area contributed by atoms with Gasteiger partial charge in [-0.25, -0.2) is 0 Å². The molecule has 1 rings (SSSR count). The van der Waals surface area contributed by atoms with E-state index in [4.69, 9.17) is 5.11 Å². The highest BCUT2D eigenvalue weighted by molar-refractivity contribution is 5.67. The summed E-state index contributed by atoms with van der Waals surface area (Å²) in [6.45, 7) is 4.12. The summed E-state index contributed by atoms with van der Waals surface area (Å²) in [6.07, 6.45) is 1.07. The van der Waals surface area contributed by atoms with Gasteiger partial charge in [-0.2, -0.15) is 0 Å². The van der Waals surface area contributed by atoms with Crippen LogP contribution in [0.25, 0.3) is 0 Å². The van der Waals surface area contributed by atoms with Gasteiger partial charge in [0.05, 0.1) is 0 Å². The van der Waals surface area contributed by atoms with Gasteiger partial charge in [0, 0.05) is 24.7 Å². The molecule has 0 bridgehead atoms. The lowest BCUT2D eigenvalue weighted by Crippen LogP contribution is -2.16. The lowest BCUT2D eigenvalue weighted by atomic mass is 10.0. The molecule has 1 aromatic heterocycles. The first-order valence-corrected chi connectivity index (χ1v) is 5.40. The molecule has 0 fully saturated rings. The molecule has 5 heteroatoms. The Labute approximate surface area is 94.1 Å². The van der Waals surface area contributed by atoms with Crippen LogP contribution in [0, 0.1) is 5.92 Å². The number of carboxylic acid groups (broad SMARTS) is 1. The third-order valence-electron chi connectivity index (χ3n) is 2.43. The van der Waals surface area contributed by atoms with Crippen LogP contribution in [-0.2, 0) is 24.7 Å². The van der Waals surface area contributed by atoms with Crippen LogP contribution >= 0.6 is 0 Å². The lowest BCUT2D eigenvalue weighted by Gasteiger charge is -2.04. The Bertz CT molecular complexity index is 429. The summed E-state index contributed by atoms with van der Waals surface area (Å²) in [4.78, 5) is 22.2. The molecule has 16 heavy (non-hydrogen) atoms. The molecule has 90 valence electrons. The number of carboxylic acids is 1. The second kappa shape index (κ2) is 5.01. The number of carbonyl (C=O) groups is 1. The number of hydrogen-bond donors (Lipinski definition) is 2. The molecule has 2 N–H and O–H groups in total. The minimum absolute atomic E-state index is 0.00180. The molecular weight excluding hydrogens is 208 g/mol. The highest BCUT2D eigenvalue weighted by Crippen LogP contribution is 2.10. The maximum Gasteiger partial charge on any atom is 0.303 e. The molecule has 0 radical (unpaired) electrons. The number of aryl methyl sites for hydroxylation is 1. The summed E-state index contributed by atoms with van der Waals surface area (Å²) in [5.74, 6) is -0.444. The second-order valence-corrected chi connectivity index (χ2v) is 4.42. The van der Waals surface area contributed by atoms with Crippen molar-refractivity contribution in [2.24, 2.45) is 13.0 Å². The van der Waals surface area contributed by atoms with E-state index in [2.05, 4.69) is 18.9 Å². The van der Waals surface area contributed by atoms with E-state index in [1.807, 2.05) is 0 Å². The zero-order valence-electron chi connectivity index (χ0n) is 9.91. The molecule has 5 nitrogen and oxygen atoms in total. The molecule has 0 aliphatic heterocycles. The highest BCUT2D eigenvalue weighted by Gasteiger charge is 2.14. The summed E-state index contributed by atoms with van der Waals surface area (Å²) in [5, 5.41) is 11.6. The van der Waals surface area contributed by atoms with Crippen molar-refractivity contribution >= 4 is 5.97 Å². The molecule has 0 aromatic carbocycles. The van der Waals surface area contributed by atoms with Gasteiger partial charge in [-0.3, -0.25) is 19.4 Å². The number of aromatic nitrogens is 2. The van der Waals surface area contributed by atoms with Crippen molar-refractivity contribution in [2.75, 3.05) is 0 Å². The van der Waals surface area contributed by atoms with Crippen LogP contribution in [0.1, 0.15) is 31.5 Å². The van der Waals surface area contributed by atoms with Crippen molar-refractivity contribution in [3.8, 4) is 0 Å². The maximum absolute atomic E-state index is 11.7. The molecule has 1 aromatic rings. The third-order valence-corrected chi connectivity index (χ3v) is 2.43. The Morgan fingerprint density at radius 2 is 2.12 bits per heavy atom. The van der Waals surface area contributed by atoms with E-state index < -0.39 is 5.97 Å². The van der Waals surface area contributed by atoms with Gasteiger partial charge < -0.3 is 5.11 Å². The van der Waals surface area contributed by atoms with Crippen LogP contribution in [-0.4, -0.2) is 20.9 Å². The van der Waals surface area contributed by atoms with Gasteiger partial charge in [-0.15, -0.1) is 0 Å². The lowest BCUT2D eigenvalue weighted by molar-refractivity contribution is -0.136. The average Bonchev–Trinajstić information content (AvgIpc) is 2.39. The smallest absolute Gasteiger partial charge is 0.303 e. The van der Waals surface area contributed by atoms with Crippen molar-refractivity contribution in [3.63, 3.8) is 0 Å². The quantitative estimate of drug-likeness (QED) is 0.784. The van der Waals surface area contributed by atoms with E-state index in [0.717, 1.165) is 12.1 Å². The highest BCUT2D eigenvalue weighted by atomic mass is 16.4. The Kier molecular flexibility index (Phi) is 3.93. The van der Waals surface area contributed by atoms with Gasteiger partial charge in [0.2, 0.25) is 0 Å². The Morgan fingerprint density at radius 3 is 2.62 bits per heavy atom. The fourth-order valence-corrected chi connectivity index (χ4v) is 1.72. The van der Waals surface area contributed by atoms with Crippen LogP contribution in [0.5, 0.6) is 0 Å². The predicted molar refractivity (Wildman–Crippen MR) is 60.5 cm³/mol. The maximum atomic E-state index is 11.7. The summed E-state index contributed by atoms with van der Waals surface area (Å²) < 4.78 is 1.41. The van der Waals surface area contributed by atoms with Gasteiger partial charge in [0.15, 0.2) is 0 Å². The van der Waals surface area contributed by atoms with Crippen molar-refractivity contribution in [1.82, 2.24) is 9.78 Å². The normalized spacial score (nSPS) is 11.0. The zero-order valence-corrected chi connectivity index (χ0v) is 9.91. The van der Waals surface area contributed by atoms with Gasteiger partial charge in [-0.05, 0) is 18.8 Å². The van der Waals surface area contributed by atoms with E-state index in [1.165, 1.54) is 4.68 Å². The zero-order chi connectivity index (χ0) is 12.3. The number of aliphatic carboxylic acids is 1. The topological polar surface area (TPSA) is 75.1 Å². The monoisotopic (exact) mass is 226 g/mol. The summed E-state index contributed by atoms with van der Waals surface area (Å²) >= 11 is 0. The molecular formula is C11H18N2O3. The Morgan fingerprint density at radius 1 is 1.50 bits per heavy atom. The van der Waals surface area contributed by atoms with Crippen LogP contribution in [0.2, 0.25) is 0 Å². The van der Waals surface area contributed by atoms with Crippen LogP contribution in [0.4, 0.5) is 0 Å². The summed E-state index contributed by atoms with van der Waals surface area (Å²) in [5.41, 5.74) is 1.36. The SMILES string of the molecule is CC(C)Cc1[nH]n(C)c(=O)c1CCC(=O)O. The summed E-state index contributed by atoms with van der Waals surface area (Å²) in [6, 6.07) is 0. The molecule has 0 aliphatic rings. The molecule has 0 saturated carbocycles. The van der Waals surface area contributed by atoms with E-state index in [1.54, 1.807) is 7.05 Å². The number of hydrogen-bond acceptors (Lipinski definition) is 2. The van der Waals surface area contributed by atoms with Gasteiger partial charge in [-0.1, -0.05) is 13.8 Å². The fraction of sp³-hybridized carbons (Fsp3) is 0.636. The summed E-state index contributed by atoms with van der Waals surface area (Å²) in [7, 11) is 1.65. The fourth-order valence-electron chi connectivity index (χ4n) is 1.72. The first kappa shape index (κ1) is 12.5. The Balaban J connectivity index is 2.94. The third kappa shape index (κ3) is 2.98. The van der Waals surface area contributed by atoms with E-state index in [-0.39, 0.29) is 12.0 Å². The molecule has 0 amide bonds. The minimum atomic E-state index is -0.876. The van der Waals surface area contributed by atoms with Crippen LogP contribution < -0.4 is 5.56 Å². The van der Waals surface area contributed by atoms with Gasteiger partial charge in [0.1, 0.15) is 0 Å². The second-order valence-electron chi connectivity index (χ2n) is 4.42. The number of aromatic amines is 1. The molecule has 0 unspecified atom stereocenters. The van der Waals surface area contributed by atoms with Crippen molar-refractivity contribution in [2.45, 2.75) is 33.1 Å². The predicted octanol–water partition coefficient (Wildman–Crippen LogP) is 0.929. The number of H-pyrrole nitrogens is 1. The van der Waals surface area contributed by atoms with Crippen molar-refractivity contribution in [3.05, 3.63) is 21.6 Å². The number of rotatable bonds is 5. The minimum Gasteiger partial charge on any atom is -0.481 e. The van der Waals surface area contributed by atoms with Crippen molar-refractivity contribution < 1.29 is 9.90 Å². The molecule has 1 heterocycles. The largest absolute Gasteiger partial charge is 0.481 e. The molecule has 0 atom stereocenters. The number of nitrogens with zero attached hydrogens (tertiary/aromatic N) is 1. The molecule has 0 spiro atoms. The van der Waals surface area contributed by atoms with Crippen molar-refractivity contribution in [1.29, 1.82) is 0 Å². The van der Waals surface area contributed by atoms with Crippen LogP contribution in [0.15, 0.2) is 4.79 Å². The standard InChI is InChI=1S/C11H18N2O3/c1-7(2)6-9-8(4-5-10(14)15)11(16)13(3)12-9/h7,12H,4-6H2,1-3H3,(H,14,15). The molecule has 0 aliphatic carbocycles. The van der Waals surface area contributed by atoms with E-state index in [9.17, 15) is 9.59 Å². The Hall–Kier alpha value is -1.52. The van der Waals surface area contributed by atoms with E-state index in [0.29, 0.717) is 17.9 Å². The van der Waals surface area contributed by atoms with Gasteiger partial charge in [0.25, 0.3) is 5.56 Å². The number of nitrogens with one attached hydrogen (secondary N) is 1. The average molecular weight is 226 g/mol. The van der Waals surface area contributed by atoms with Crippen LogP contribution in [0.3, 0.4) is 0 Å². The first-order valence-electron chi connectivity index (χ1n) is 5.40. The van der Waals surface area contributed by atoms with E-state index >= 15 is 0 Å².